The SMILES string of the molecule is CC(C)(C)C(=O)Nc1ccc(C(=O)COC(=O)CCc2cccs2)cc1. The van der Waals surface area contributed by atoms with Crippen molar-refractivity contribution in [3.05, 3.63) is 52.2 Å². The number of amides is 1. The normalized spacial score (nSPS) is 11.0. The van der Waals surface area contributed by atoms with Gasteiger partial charge in [0, 0.05) is 21.5 Å². The smallest absolute Gasteiger partial charge is 0.306 e. The molecule has 0 atom stereocenters. The minimum atomic E-state index is -0.494. The van der Waals surface area contributed by atoms with Gasteiger partial charge in [0.15, 0.2) is 12.4 Å². The highest BCUT2D eigenvalue weighted by atomic mass is 32.1. The maximum atomic E-state index is 12.1. The van der Waals surface area contributed by atoms with E-state index in [0.29, 0.717) is 17.7 Å². The van der Waals surface area contributed by atoms with E-state index in [2.05, 4.69) is 5.32 Å². The van der Waals surface area contributed by atoms with Crippen molar-refractivity contribution in [1.82, 2.24) is 0 Å². The number of carbonyl (C=O) groups is 3. The molecule has 0 unspecified atom stereocenters. The summed E-state index contributed by atoms with van der Waals surface area (Å²) in [7, 11) is 0. The van der Waals surface area contributed by atoms with Crippen LogP contribution in [0, 0.1) is 5.41 Å². The number of rotatable bonds is 7. The van der Waals surface area contributed by atoms with Crippen molar-refractivity contribution in [2.45, 2.75) is 33.6 Å². The Kier molecular flexibility index (Phi) is 6.69. The van der Waals surface area contributed by atoms with Crippen molar-refractivity contribution < 1.29 is 19.1 Å². The van der Waals surface area contributed by atoms with Crippen molar-refractivity contribution in [1.29, 1.82) is 0 Å². The van der Waals surface area contributed by atoms with Gasteiger partial charge in [-0.1, -0.05) is 26.8 Å². The summed E-state index contributed by atoms with van der Waals surface area (Å²) in [6.45, 7) is 5.20. The number of aryl methyl sites for hydroxylation is 1. The van der Waals surface area contributed by atoms with Gasteiger partial charge in [-0.3, -0.25) is 14.4 Å². The highest BCUT2D eigenvalue weighted by molar-refractivity contribution is 7.09. The number of Topliss-reactive ketones (excluding diaryl/α,β-unsaturated/α-hetero) is 1. The molecule has 2 rings (SSSR count). The fourth-order valence-electron chi connectivity index (χ4n) is 2.04. The molecule has 0 bridgehead atoms. The second-order valence-corrected chi connectivity index (χ2v) is 7.98. The van der Waals surface area contributed by atoms with E-state index in [1.165, 1.54) is 0 Å². The molecule has 0 saturated heterocycles. The van der Waals surface area contributed by atoms with Crippen LogP contribution in [0.4, 0.5) is 5.69 Å². The van der Waals surface area contributed by atoms with Crippen molar-refractivity contribution in [2.24, 2.45) is 5.41 Å². The topological polar surface area (TPSA) is 72.5 Å². The molecule has 26 heavy (non-hydrogen) atoms. The summed E-state index contributed by atoms with van der Waals surface area (Å²) in [4.78, 5) is 36.9. The van der Waals surface area contributed by atoms with Crippen LogP contribution in [0.5, 0.6) is 0 Å². The van der Waals surface area contributed by atoms with Crippen LogP contribution in [-0.4, -0.2) is 24.3 Å². The van der Waals surface area contributed by atoms with Gasteiger partial charge in [-0.25, -0.2) is 0 Å². The Morgan fingerprint density at radius 2 is 1.77 bits per heavy atom. The lowest BCUT2D eigenvalue weighted by atomic mass is 9.95. The van der Waals surface area contributed by atoms with Crippen molar-refractivity contribution >= 4 is 34.7 Å². The molecule has 0 saturated carbocycles. The van der Waals surface area contributed by atoms with Crippen LogP contribution in [-0.2, 0) is 20.7 Å². The lowest BCUT2D eigenvalue weighted by Gasteiger charge is -2.17. The van der Waals surface area contributed by atoms with Crippen LogP contribution in [0.15, 0.2) is 41.8 Å². The Morgan fingerprint density at radius 1 is 1.08 bits per heavy atom. The molecule has 1 aromatic carbocycles. The molecule has 1 N–H and O–H groups in total. The van der Waals surface area contributed by atoms with E-state index in [9.17, 15) is 14.4 Å². The number of benzene rings is 1. The van der Waals surface area contributed by atoms with Crippen LogP contribution >= 0.6 is 11.3 Å². The van der Waals surface area contributed by atoms with Gasteiger partial charge in [0.25, 0.3) is 0 Å². The van der Waals surface area contributed by atoms with Gasteiger partial charge in [0.1, 0.15) is 0 Å². The molecule has 138 valence electrons. The second kappa shape index (κ2) is 8.76. The maximum Gasteiger partial charge on any atom is 0.306 e. The minimum Gasteiger partial charge on any atom is -0.457 e. The second-order valence-electron chi connectivity index (χ2n) is 6.94. The van der Waals surface area contributed by atoms with Crippen LogP contribution in [0.1, 0.15) is 42.4 Å². The molecule has 0 radical (unpaired) electrons. The lowest BCUT2D eigenvalue weighted by molar-refractivity contribution is -0.142. The summed E-state index contributed by atoms with van der Waals surface area (Å²) in [5, 5.41) is 4.75. The molecule has 0 aliphatic rings. The summed E-state index contributed by atoms with van der Waals surface area (Å²) in [5.74, 6) is -0.764. The summed E-state index contributed by atoms with van der Waals surface area (Å²) < 4.78 is 5.04. The predicted molar refractivity (Wildman–Crippen MR) is 102 cm³/mol. The molecule has 1 aromatic heterocycles. The number of anilines is 1. The molecule has 0 fully saturated rings. The van der Waals surface area contributed by atoms with Crippen LogP contribution in [0.2, 0.25) is 0 Å². The number of carbonyl (C=O) groups excluding carboxylic acids is 3. The van der Waals surface area contributed by atoms with Crippen LogP contribution in [0.25, 0.3) is 0 Å². The van der Waals surface area contributed by atoms with E-state index in [-0.39, 0.29) is 30.7 Å². The largest absolute Gasteiger partial charge is 0.457 e. The number of thiophene rings is 1. The standard InChI is InChI=1S/C20H23NO4S/c1-20(2,3)19(24)21-15-8-6-14(7-9-15)17(22)13-25-18(23)11-10-16-5-4-12-26-16/h4-9,12H,10-11,13H2,1-3H3,(H,21,24). The molecule has 1 heterocycles. The Bertz CT molecular complexity index is 758. The maximum absolute atomic E-state index is 12.1. The van der Waals surface area contributed by atoms with E-state index >= 15 is 0 Å². The number of ketones is 1. The summed E-state index contributed by atoms with van der Waals surface area (Å²) in [6, 6.07) is 10.4. The fourth-order valence-corrected chi connectivity index (χ4v) is 2.75. The molecular weight excluding hydrogens is 350 g/mol. The van der Waals surface area contributed by atoms with Gasteiger partial charge in [0.05, 0.1) is 6.42 Å². The number of hydrogen-bond donors (Lipinski definition) is 1. The molecule has 2 aromatic rings. The van der Waals surface area contributed by atoms with Crippen LogP contribution in [0.3, 0.4) is 0 Å². The zero-order valence-corrected chi connectivity index (χ0v) is 16.0. The fraction of sp³-hybridized carbons (Fsp3) is 0.350. The first-order valence-electron chi connectivity index (χ1n) is 8.38. The lowest BCUT2D eigenvalue weighted by Crippen LogP contribution is -2.27. The Balaban J connectivity index is 1.80. The third kappa shape index (κ3) is 6.11. The Morgan fingerprint density at radius 3 is 2.35 bits per heavy atom. The molecule has 6 heteroatoms. The zero-order chi connectivity index (χ0) is 19.2. The van der Waals surface area contributed by atoms with Crippen molar-refractivity contribution in [2.75, 3.05) is 11.9 Å². The molecule has 5 nitrogen and oxygen atoms in total. The summed E-state index contributed by atoms with van der Waals surface area (Å²) in [5.41, 5.74) is 0.561. The monoisotopic (exact) mass is 373 g/mol. The zero-order valence-electron chi connectivity index (χ0n) is 15.2. The molecule has 0 aliphatic carbocycles. The van der Waals surface area contributed by atoms with E-state index < -0.39 is 5.41 Å². The first-order chi connectivity index (χ1) is 12.3. The summed E-state index contributed by atoms with van der Waals surface area (Å²) in [6.07, 6.45) is 0.873. The number of hydrogen-bond acceptors (Lipinski definition) is 5. The van der Waals surface area contributed by atoms with Gasteiger partial charge in [-0.15, -0.1) is 11.3 Å². The van der Waals surface area contributed by atoms with E-state index in [4.69, 9.17) is 4.74 Å². The third-order valence-corrected chi connectivity index (χ3v) is 4.60. The Hall–Kier alpha value is -2.47. The van der Waals surface area contributed by atoms with E-state index in [1.807, 2.05) is 38.3 Å². The average molecular weight is 373 g/mol. The van der Waals surface area contributed by atoms with Crippen LogP contribution < -0.4 is 5.32 Å². The van der Waals surface area contributed by atoms with Gasteiger partial charge in [-0.05, 0) is 42.1 Å². The average Bonchev–Trinajstić information content (AvgIpc) is 3.11. The minimum absolute atomic E-state index is 0.101. The molecule has 0 aliphatic heterocycles. The summed E-state index contributed by atoms with van der Waals surface area (Å²) >= 11 is 1.59. The van der Waals surface area contributed by atoms with Crippen molar-refractivity contribution in [3.63, 3.8) is 0 Å². The first-order valence-corrected chi connectivity index (χ1v) is 9.26. The highest BCUT2D eigenvalue weighted by Crippen LogP contribution is 2.18. The molecule has 1 amide bonds. The number of esters is 1. The quantitative estimate of drug-likeness (QED) is 0.586. The Labute approximate surface area is 157 Å². The predicted octanol–water partition coefficient (Wildman–Crippen LogP) is 4.09. The third-order valence-electron chi connectivity index (χ3n) is 3.67. The van der Waals surface area contributed by atoms with E-state index in [0.717, 1.165) is 4.88 Å². The van der Waals surface area contributed by atoms with Crippen molar-refractivity contribution in [3.8, 4) is 0 Å². The first kappa shape index (κ1) is 19.8. The molecular formula is C20H23NO4S. The van der Waals surface area contributed by atoms with Gasteiger partial charge in [0.2, 0.25) is 5.91 Å². The van der Waals surface area contributed by atoms with Gasteiger partial charge >= 0.3 is 5.97 Å². The molecule has 0 spiro atoms. The number of ether oxygens (including phenoxy) is 1. The van der Waals surface area contributed by atoms with Gasteiger partial charge in [-0.2, -0.15) is 0 Å². The highest BCUT2D eigenvalue weighted by Gasteiger charge is 2.21. The number of nitrogens with one attached hydrogen (secondary N) is 1. The van der Waals surface area contributed by atoms with Gasteiger partial charge < -0.3 is 10.1 Å². The van der Waals surface area contributed by atoms with E-state index in [1.54, 1.807) is 35.6 Å².